The topological polar surface area (TPSA) is 37.3 Å². The minimum absolute atomic E-state index is 0.0578. The summed E-state index contributed by atoms with van der Waals surface area (Å²) in [4.78, 5) is 11.5. The van der Waals surface area contributed by atoms with Crippen LogP contribution in [0.4, 0.5) is 4.39 Å². The highest BCUT2D eigenvalue weighted by molar-refractivity contribution is 6.34. The molecule has 82 valence electrons. The van der Waals surface area contributed by atoms with Crippen molar-refractivity contribution in [1.82, 2.24) is 0 Å². The molecular formula is C11H12ClFO2. The van der Waals surface area contributed by atoms with E-state index >= 15 is 0 Å². The van der Waals surface area contributed by atoms with Gasteiger partial charge in [-0.15, -0.1) is 0 Å². The lowest BCUT2D eigenvalue weighted by molar-refractivity contribution is 0.0971. The lowest BCUT2D eigenvalue weighted by Gasteiger charge is -2.05. The molecule has 4 heteroatoms. The van der Waals surface area contributed by atoms with Crippen molar-refractivity contribution < 1.29 is 14.3 Å². The van der Waals surface area contributed by atoms with E-state index in [1.165, 1.54) is 6.07 Å². The molecule has 0 aliphatic rings. The highest BCUT2D eigenvalue weighted by atomic mass is 35.5. The Balaban J connectivity index is 2.94. The van der Waals surface area contributed by atoms with Crippen molar-refractivity contribution in [2.24, 2.45) is 0 Å². The van der Waals surface area contributed by atoms with Crippen molar-refractivity contribution in [3.8, 4) is 0 Å². The molecule has 0 fully saturated rings. The first-order valence-electron chi connectivity index (χ1n) is 4.66. The van der Waals surface area contributed by atoms with E-state index in [-0.39, 0.29) is 29.4 Å². The Morgan fingerprint density at radius 2 is 2.20 bits per heavy atom. The first-order chi connectivity index (χ1) is 7.06. The normalized spacial score (nSPS) is 10.4. The second-order valence-electron chi connectivity index (χ2n) is 3.33. The first-order valence-corrected chi connectivity index (χ1v) is 5.03. The molecule has 15 heavy (non-hydrogen) atoms. The predicted molar refractivity (Wildman–Crippen MR) is 56.8 cm³/mol. The van der Waals surface area contributed by atoms with Crippen LogP contribution >= 0.6 is 11.6 Å². The summed E-state index contributed by atoms with van der Waals surface area (Å²) in [7, 11) is 0. The smallest absolute Gasteiger partial charge is 0.164 e. The van der Waals surface area contributed by atoms with Gasteiger partial charge in [-0.3, -0.25) is 4.79 Å². The summed E-state index contributed by atoms with van der Waals surface area (Å²) in [5.74, 6) is -0.681. The van der Waals surface area contributed by atoms with Crippen LogP contribution in [0.3, 0.4) is 0 Å². The Kier molecular flexibility index (Phi) is 4.24. The molecule has 1 aromatic carbocycles. The first kappa shape index (κ1) is 12.1. The fourth-order valence-corrected chi connectivity index (χ4v) is 1.56. The van der Waals surface area contributed by atoms with Crippen molar-refractivity contribution in [1.29, 1.82) is 0 Å². The van der Waals surface area contributed by atoms with Crippen molar-refractivity contribution >= 4 is 17.4 Å². The lowest BCUT2D eigenvalue weighted by atomic mass is 10.0. The van der Waals surface area contributed by atoms with Crippen LogP contribution in [0.25, 0.3) is 0 Å². The third kappa shape index (κ3) is 3.01. The van der Waals surface area contributed by atoms with Gasteiger partial charge in [0.15, 0.2) is 5.78 Å². The van der Waals surface area contributed by atoms with E-state index in [9.17, 15) is 9.18 Å². The van der Waals surface area contributed by atoms with Gasteiger partial charge < -0.3 is 5.11 Å². The van der Waals surface area contributed by atoms with Gasteiger partial charge in [0.2, 0.25) is 0 Å². The Morgan fingerprint density at radius 1 is 1.53 bits per heavy atom. The van der Waals surface area contributed by atoms with Crippen LogP contribution < -0.4 is 0 Å². The molecule has 0 bridgehead atoms. The average molecular weight is 231 g/mol. The summed E-state index contributed by atoms with van der Waals surface area (Å²) >= 11 is 5.83. The summed E-state index contributed by atoms with van der Waals surface area (Å²) in [5, 5.41) is 8.83. The van der Waals surface area contributed by atoms with Gasteiger partial charge in [0.1, 0.15) is 5.82 Å². The monoisotopic (exact) mass is 230 g/mol. The second-order valence-corrected chi connectivity index (χ2v) is 3.74. The Labute approximate surface area is 92.7 Å². The van der Waals surface area contributed by atoms with Crippen LogP contribution in [0, 0.1) is 12.7 Å². The fourth-order valence-electron chi connectivity index (χ4n) is 1.23. The van der Waals surface area contributed by atoms with Crippen molar-refractivity contribution in [3.05, 3.63) is 34.1 Å². The average Bonchev–Trinajstić information content (AvgIpc) is 2.20. The number of hydrogen-bond acceptors (Lipinski definition) is 2. The second kappa shape index (κ2) is 5.24. The minimum atomic E-state index is -0.438. The van der Waals surface area contributed by atoms with Crippen LogP contribution in [-0.4, -0.2) is 17.5 Å². The van der Waals surface area contributed by atoms with E-state index < -0.39 is 5.82 Å². The van der Waals surface area contributed by atoms with Crippen molar-refractivity contribution in [3.63, 3.8) is 0 Å². The number of carbonyl (C=O) groups excluding carboxylic acids is 1. The Morgan fingerprint density at radius 3 is 2.80 bits per heavy atom. The zero-order valence-electron chi connectivity index (χ0n) is 8.39. The molecule has 0 heterocycles. The number of aliphatic hydroxyl groups is 1. The maximum absolute atomic E-state index is 13.2. The number of rotatable bonds is 4. The Bertz CT molecular complexity index is 377. The van der Waals surface area contributed by atoms with Crippen LogP contribution in [0.1, 0.15) is 28.8 Å². The number of aryl methyl sites for hydroxylation is 1. The number of benzene rings is 1. The predicted octanol–water partition coefficient (Wildman–Crippen LogP) is 2.74. The molecule has 1 rings (SSSR count). The van der Waals surface area contributed by atoms with Gasteiger partial charge in [0.05, 0.1) is 5.02 Å². The number of Topliss-reactive ketones (excluding diaryl/α,β-unsaturated/α-hetero) is 1. The summed E-state index contributed by atoms with van der Waals surface area (Å²) in [6.45, 7) is 1.53. The summed E-state index contributed by atoms with van der Waals surface area (Å²) in [6, 6.07) is 2.58. The molecule has 0 atom stereocenters. The molecule has 2 nitrogen and oxygen atoms in total. The van der Waals surface area contributed by atoms with Gasteiger partial charge >= 0.3 is 0 Å². The van der Waals surface area contributed by atoms with E-state index in [4.69, 9.17) is 16.7 Å². The number of hydrogen-bond donors (Lipinski definition) is 1. The zero-order chi connectivity index (χ0) is 11.4. The maximum atomic E-state index is 13.2. The van der Waals surface area contributed by atoms with Gasteiger partial charge in [-0.2, -0.15) is 0 Å². The standard InChI is InChI=1S/C11H12ClFO2/c1-7-5-9(12)8(6-10(7)13)11(15)3-2-4-14/h5-6,14H,2-4H2,1H3. The number of aliphatic hydroxyl groups excluding tert-OH is 1. The Hall–Kier alpha value is -0.930. The van der Waals surface area contributed by atoms with Crippen LogP contribution in [0.5, 0.6) is 0 Å². The van der Waals surface area contributed by atoms with Gasteiger partial charge in [-0.05, 0) is 31.0 Å². The highest BCUT2D eigenvalue weighted by Crippen LogP contribution is 2.22. The highest BCUT2D eigenvalue weighted by Gasteiger charge is 2.12. The largest absolute Gasteiger partial charge is 0.396 e. The molecule has 1 aromatic rings. The van der Waals surface area contributed by atoms with Gasteiger partial charge in [0, 0.05) is 18.6 Å². The van der Waals surface area contributed by atoms with Crippen LogP contribution in [-0.2, 0) is 0 Å². The molecule has 0 aliphatic carbocycles. The third-order valence-electron chi connectivity index (χ3n) is 2.11. The number of ketones is 1. The van der Waals surface area contributed by atoms with E-state index in [1.807, 2.05) is 0 Å². The molecule has 0 saturated heterocycles. The molecule has 0 radical (unpaired) electrons. The van der Waals surface area contributed by atoms with E-state index in [0.717, 1.165) is 6.07 Å². The zero-order valence-corrected chi connectivity index (χ0v) is 9.14. The van der Waals surface area contributed by atoms with Crippen molar-refractivity contribution in [2.45, 2.75) is 19.8 Å². The number of halogens is 2. The van der Waals surface area contributed by atoms with Crippen LogP contribution in [0.15, 0.2) is 12.1 Å². The summed E-state index contributed by atoms with van der Waals surface area (Å²) < 4.78 is 13.2. The maximum Gasteiger partial charge on any atom is 0.164 e. The molecule has 0 aliphatic heterocycles. The summed E-state index contributed by atoms with van der Waals surface area (Å²) in [5.41, 5.74) is 0.604. The molecule has 0 saturated carbocycles. The van der Waals surface area contributed by atoms with Gasteiger partial charge in [0.25, 0.3) is 0 Å². The van der Waals surface area contributed by atoms with E-state index in [2.05, 4.69) is 0 Å². The van der Waals surface area contributed by atoms with E-state index in [0.29, 0.717) is 12.0 Å². The SMILES string of the molecule is Cc1cc(Cl)c(C(=O)CCCO)cc1F. The molecule has 0 unspecified atom stereocenters. The minimum Gasteiger partial charge on any atom is -0.396 e. The lowest BCUT2D eigenvalue weighted by Crippen LogP contribution is -2.02. The third-order valence-corrected chi connectivity index (χ3v) is 2.42. The summed E-state index contributed by atoms with van der Waals surface area (Å²) in [6.07, 6.45) is 0.545. The molecule has 0 amide bonds. The van der Waals surface area contributed by atoms with Gasteiger partial charge in [-0.1, -0.05) is 11.6 Å². The molecule has 1 N–H and O–H groups in total. The quantitative estimate of drug-likeness (QED) is 0.808. The van der Waals surface area contributed by atoms with Crippen LogP contribution in [0.2, 0.25) is 5.02 Å². The fraction of sp³-hybridized carbons (Fsp3) is 0.364. The molecule has 0 spiro atoms. The van der Waals surface area contributed by atoms with E-state index in [1.54, 1.807) is 6.92 Å². The van der Waals surface area contributed by atoms with Gasteiger partial charge in [-0.25, -0.2) is 4.39 Å². The van der Waals surface area contributed by atoms with Crippen molar-refractivity contribution in [2.75, 3.05) is 6.61 Å². The number of carbonyl (C=O) groups is 1. The molecule has 0 aromatic heterocycles. The molecular weight excluding hydrogens is 219 g/mol.